The number of sulfonamides is 1. The van der Waals surface area contributed by atoms with Gasteiger partial charge in [0.1, 0.15) is 0 Å². The first-order chi connectivity index (χ1) is 9.99. The summed E-state index contributed by atoms with van der Waals surface area (Å²) in [4.78, 5) is 10.9. The summed E-state index contributed by atoms with van der Waals surface area (Å²) >= 11 is 5.23. The maximum absolute atomic E-state index is 12.4. The standard InChI is InChI=1S/C15H12ClNO3S/c16-15(18)11-10-12-6-4-5-9-14(12)21(19,20)17-13-7-2-1-3-8-13/h1-11,17H/b11-10+. The number of rotatable bonds is 5. The average Bonchev–Trinajstić information content (AvgIpc) is 2.46. The molecule has 2 aromatic rings. The van der Waals surface area contributed by atoms with Crippen LogP contribution in [0.4, 0.5) is 5.69 Å². The number of carbonyl (C=O) groups is 1. The first-order valence-electron chi connectivity index (χ1n) is 6.03. The molecule has 0 amide bonds. The topological polar surface area (TPSA) is 63.2 Å². The summed E-state index contributed by atoms with van der Waals surface area (Å²) in [6, 6.07) is 14.9. The number of anilines is 1. The SMILES string of the molecule is O=C(Cl)/C=C/c1ccccc1S(=O)(=O)Nc1ccccc1. The van der Waals surface area contributed by atoms with Crippen LogP contribution in [0.15, 0.2) is 65.6 Å². The molecule has 0 aliphatic heterocycles. The highest BCUT2D eigenvalue weighted by atomic mass is 35.5. The Hall–Kier alpha value is -2.11. The van der Waals surface area contributed by atoms with Crippen molar-refractivity contribution in [2.24, 2.45) is 0 Å². The fourth-order valence-corrected chi connectivity index (χ4v) is 3.06. The highest BCUT2D eigenvalue weighted by molar-refractivity contribution is 7.92. The quantitative estimate of drug-likeness (QED) is 0.679. The van der Waals surface area contributed by atoms with Gasteiger partial charge < -0.3 is 0 Å². The lowest BCUT2D eigenvalue weighted by atomic mass is 10.2. The molecule has 108 valence electrons. The molecule has 2 rings (SSSR count). The van der Waals surface area contributed by atoms with Gasteiger partial charge in [-0.1, -0.05) is 36.4 Å². The van der Waals surface area contributed by atoms with Crippen LogP contribution in [0.25, 0.3) is 6.08 Å². The molecule has 21 heavy (non-hydrogen) atoms. The summed E-state index contributed by atoms with van der Waals surface area (Å²) in [7, 11) is -3.75. The molecule has 0 unspecified atom stereocenters. The van der Waals surface area contributed by atoms with Crippen LogP contribution in [-0.2, 0) is 14.8 Å². The van der Waals surface area contributed by atoms with Crippen molar-refractivity contribution in [1.29, 1.82) is 0 Å². The molecule has 0 aromatic heterocycles. The number of nitrogens with one attached hydrogen (secondary N) is 1. The Labute approximate surface area is 128 Å². The van der Waals surface area contributed by atoms with E-state index in [1.165, 1.54) is 12.1 Å². The second-order valence-corrected chi connectivity index (χ2v) is 6.17. The molecule has 0 bridgehead atoms. The third-order valence-corrected chi connectivity index (χ3v) is 4.21. The van der Waals surface area contributed by atoms with Crippen molar-refractivity contribution in [2.75, 3.05) is 4.72 Å². The minimum atomic E-state index is -3.75. The maximum Gasteiger partial charge on any atom is 0.262 e. The summed E-state index contributed by atoms with van der Waals surface area (Å²) in [5.74, 6) is 0. The molecular weight excluding hydrogens is 310 g/mol. The van der Waals surface area contributed by atoms with Crippen LogP contribution < -0.4 is 4.72 Å². The van der Waals surface area contributed by atoms with Gasteiger partial charge in [0.15, 0.2) is 0 Å². The van der Waals surface area contributed by atoms with Gasteiger partial charge in [0.25, 0.3) is 10.0 Å². The van der Waals surface area contributed by atoms with Crippen molar-refractivity contribution in [3.63, 3.8) is 0 Å². The van der Waals surface area contributed by atoms with Crippen molar-refractivity contribution in [1.82, 2.24) is 0 Å². The Morgan fingerprint density at radius 3 is 2.29 bits per heavy atom. The van der Waals surface area contributed by atoms with Crippen molar-refractivity contribution in [3.8, 4) is 0 Å². The van der Waals surface area contributed by atoms with Gasteiger partial charge in [0.2, 0.25) is 5.24 Å². The summed E-state index contributed by atoms with van der Waals surface area (Å²) in [6.07, 6.45) is 2.48. The zero-order valence-corrected chi connectivity index (χ0v) is 12.4. The molecule has 0 saturated heterocycles. The lowest BCUT2D eigenvalue weighted by Gasteiger charge is -2.10. The predicted octanol–water partition coefficient (Wildman–Crippen LogP) is 3.27. The van der Waals surface area contributed by atoms with Crippen LogP contribution in [0.1, 0.15) is 5.56 Å². The van der Waals surface area contributed by atoms with Crippen LogP contribution in [-0.4, -0.2) is 13.7 Å². The number of allylic oxidation sites excluding steroid dienone is 1. The largest absolute Gasteiger partial charge is 0.280 e. The summed E-state index contributed by atoms with van der Waals surface area (Å²) in [6.45, 7) is 0. The molecule has 2 aromatic carbocycles. The normalized spacial score (nSPS) is 11.5. The third-order valence-electron chi connectivity index (χ3n) is 2.63. The lowest BCUT2D eigenvalue weighted by Crippen LogP contribution is -2.14. The van der Waals surface area contributed by atoms with E-state index in [0.717, 1.165) is 6.08 Å². The first kappa shape index (κ1) is 15.3. The number of carbonyl (C=O) groups excluding carboxylic acids is 1. The molecule has 0 atom stereocenters. The molecule has 0 aliphatic carbocycles. The lowest BCUT2D eigenvalue weighted by molar-refractivity contribution is -0.107. The molecular formula is C15H12ClNO3S. The van der Waals surface area contributed by atoms with Gasteiger partial charge in [0.05, 0.1) is 4.90 Å². The van der Waals surface area contributed by atoms with Gasteiger partial charge in [0, 0.05) is 5.69 Å². The zero-order chi connectivity index (χ0) is 15.3. The van der Waals surface area contributed by atoms with Gasteiger partial charge in [-0.3, -0.25) is 9.52 Å². The number of benzene rings is 2. The van der Waals surface area contributed by atoms with Gasteiger partial charge in [-0.15, -0.1) is 0 Å². The van der Waals surface area contributed by atoms with E-state index < -0.39 is 15.3 Å². The zero-order valence-electron chi connectivity index (χ0n) is 10.9. The van der Waals surface area contributed by atoms with Crippen LogP contribution in [0.3, 0.4) is 0 Å². The van der Waals surface area contributed by atoms with Gasteiger partial charge >= 0.3 is 0 Å². The molecule has 0 saturated carbocycles. The molecule has 0 aliphatic rings. The number of halogens is 1. The van der Waals surface area contributed by atoms with Crippen LogP contribution in [0.2, 0.25) is 0 Å². The molecule has 0 fully saturated rings. The second kappa shape index (κ2) is 6.56. The van der Waals surface area contributed by atoms with E-state index in [9.17, 15) is 13.2 Å². The molecule has 4 nitrogen and oxygen atoms in total. The predicted molar refractivity (Wildman–Crippen MR) is 83.6 cm³/mol. The second-order valence-electron chi connectivity index (χ2n) is 4.15. The van der Waals surface area contributed by atoms with Crippen molar-refractivity contribution in [2.45, 2.75) is 4.90 Å². The third kappa shape index (κ3) is 4.18. The minimum absolute atomic E-state index is 0.0722. The number of hydrogen-bond donors (Lipinski definition) is 1. The van der Waals surface area contributed by atoms with E-state index >= 15 is 0 Å². The summed E-state index contributed by atoms with van der Waals surface area (Å²) in [5.41, 5.74) is 0.847. The summed E-state index contributed by atoms with van der Waals surface area (Å²) < 4.78 is 27.3. The number of para-hydroxylation sites is 1. The van der Waals surface area contributed by atoms with E-state index in [0.29, 0.717) is 11.3 Å². The minimum Gasteiger partial charge on any atom is -0.280 e. The Kier molecular flexibility index (Phi) is 4.77. The van der Waals surface area contributed by atoms with Gasteiger partial charge in [-0.2, -0.15) is 0 Å². The fraction of sp³-hybridized carbons (Fsp3) is 0. The number of hydrogen-bond acceptors (Lipinski definition) is 3. The molecule has 6 heteroatoms. The highest BCUT2D eigenvalue weighted by Gasteiger charge is 2.17. The van der Waals surface area contributed by atoms with Crippen LogP contribution >= 0.6 is 11.6 Å². The summed E-state index contributed by atoms with van der Waals surface area (Å²) in [5, 5.41) is -0.668. The van der Waals surface area contributed by atoms with Gasteiger partial charge in [-0.05, 0) is 47.5 Å². The monoisotopic (exact) mass is 321 g/mol. The Morgan fingerprint density at radius 1 is 1.00 bits per heavy atom. The van der Waals surface area contributed by atoms with Crippen molar-refractivity contribution >= 4 is 38.6 Å². The first-order valence-corrected chi connectivity index (χ1v) is 7.89. The Bertz CT molecular complexity index is 771. The fourth-order valence-electron chi connectivity index (χ4n) is 1.73. The molecule has 1 N–H and O–H groups in total. The Morgan fingerprint density at radius 2 is 1.62 bits per heavy atom. The molecule has 0 heterocycles. The van der Waals surface area contributed by atoms with Crippen molar-refractivity contribution < 1.29 is 13.2 Å². The Balaban J connectivity index is 2.39. The molecule has 0 spiro atoms. The highest BCUT2D eigenvalue weighted by Crippen LogP contribution is 2.20. The molecule has 0 radical (unpaired) electrons. The van der Waals surface area contributed by atoms with Crippen molar-refractivity contribution in [3.05, 3.63) is 66.2 Å². The maximum atomic E-state index is 12.4. The van der Waals surface area contributed by atoms with E-state index in [4.69, 9.17) is 11.6 Å². The van der Waals surface area contributed by atoms with E-state index in [2.05, 4.69) is 4.72 Å². The van der Waals surface area contributed by atoms with E-state index in [1.54, 1.807) is 48.5 Å². The van der Waals surface area contributed by atoms with Crippen LogP contribution in [0.5, 0.6) is 0 Å². The van der Waals surface area contributed by atoms with E-state index in [1.807, 2.05) is 0 Å². The van der Waals surface area contributed by atoms with Crippen LogP contribution in [0, 0.1) is 0 Å². The average molecular weight is 322 g/mol. The van der Waals surface area contributed by atoms with E-state index in [-0.39, 0.29) is 4.90 Å². The van der Waals surface area contributed by atoms with Gasteiger partial charge in [-0.25, -0.2) is 8.42 Å². The smallest absolute Gasteiger partial charge is 0.262 e.